The van der Waals surface area contributed by atoms with Crippen LogP contribution in [0.2, 0.25) is 0 Å². The van der Waals surface area contributed by atoms with Crippen LogP contribution in [-0.4, -0.2) is 22.2 Å². The average molecular weight is 347 g/mol. The molecular formula is C22H25N3O. The summed E-state index contributed by atoms with van der Waals surface area (Å²) in [4.78, 5) is 12.0. The number of aromatic nitrogens is 2. The van der Waals surface area contributed by atoms with E-state index in [0.717, 1.165) is 24.9 Å². The molecule has 0 aliphatic heterocycles. The van der Waals surface area contributed by atoms with Gasteiger partial charge in [0.1, 0.15) is 0 Å². The van der Waals surface area contributed by atoms with Crippen LogP contribution in [0.15, 0.2) is 67.0 Å². The molecule has 3 aromatic rings. The van der Waals surface area contributed by atoms with E-state index >= 15 is 0 Å². The van der Waals surface area contributed by atoms with E-state index in [1.165, 1.54) is 16.7 Å². The van der Waals surface area contributed by atoms with Crippen molar-refractivity contribution in [2.45, 2.75) is 32.6 Å². The molecule has 0 unspecified atom stereocenters. The minimum Gasteiger partial charge on any atom is -0.356 e. The Kier molecular flexibility index (Phi) is 6.20. The molecule has 1 aromatic heterocycles. The Hall–Kier alpha value is -2.88. The summed E-state index contributed by atoms with van der Waals surface area (Å²) in [6.45, 7) is 2.81. The Bertz CT molecular complexity index is 806. The number of benzene rings is 2. The zero-order chi connectivity index (χ0) is 18.2. The summed E-state index contributed by atoms with van der Waals surface area (Å²) in [6, 6.07) is 18.7. The Labute approximate surface area is 154 Å². The van der Waals surface area contributed by atoms with Gasteiger partial charge in [0.2, 0.25) is 5.91 Å². The molecule has 0 fully saturated rings. The summed E-state index contributed by atoms with van der Waals surface area (Å²) in [6.07, 6.45) is 6.88. The maximum Gasteiger partial charge on any atom is 0.220 e. The second kappa shape index (κ2) is 8.99. The second-order valence-corrected chi connectivity index (χ2v) is 6.39. The van der Waals surface area contributed by atoms with Crippen LogP contribution in [-0.2, 0) is 24.1 Å². The van der Waals surface area contributed by atoms with Crippen LogP contribution >= 0.6 is 0 Å². The molecule has 1 amide bonds. The molecule has 0 bridgehead atoms. The standard InChI is InChI=1S/C22H25N3O/c1-2-18-4-6-19(7-5-18)10-13-22(26)23-16-14-20-8-11-21(12-9-20)25-17-3-15-24-25/h3-9,11-12,15,17H,2,10,13-14,16H2,1H3,(H,23,26). The van der Waals surface area contributed by atoms with Gasteiger partial charge in [0.15, 0.2) is 0 Å². The Morgan fingerprint density at radius 1 is 0.962 bits per heavy atom. The highest BCUT2D eigenvalue weighted by Crippen LogP contribution is 2.09. The maximum absolute atomic E-state index is 12.0. The van der Waals surface area contributed by atoms with Gasteiger partial charge in [-0.25, -0.2) is 4.68 Å². The molecule has 26 heavy (non-hydrogen) atoms. The van der Waals surface area contributed by atoms with Gasteiger partial charge in [-0.15, -0.1) is 0 Å². The molecule has 134 valence electrons. The number of hydrogen-bond acceptors (Lipinski definition) is 2. The first kappa shape index (κ1) is 17.9. The fourth-order valence-electron chi connectivity index (χ4n) is 2.87. The molecule has 0 radical (unpaired) electrons. The molecule has 4 heteroatoms. The summed E-state index contributed by atoms with van der Waals surface area (Å²) in [5.41, 5.74) is 4.79. The SMILES string of the molecule is CCc1ccc(CCC(=O)NCCc2ccc(-n3cccn3)cc2)cc1. The van der Waals surface area contributed by atoms with Crippen molar-refractivity contribution in [2.75, 3.05) is 6.54 Å². The van der Waals surface area contributed by atoms with E-state index in [2.05, 4.69) is 53.7 Å². The molecule has 0 aliphatic rings. The molecule has 3 rings (SSSR count). The topological polar surface area (TPSA) is 46.9 Å². The summed E-state index contributed by atoms with van der Waals surface area (Å²) >= 11 is 0. The van der Waals surface area contributed by atoms with E-state index in [9.17, 15) is 4.79 Å². The number of nitrogens with one attached hydrogen (secondary N) is 1. The first-order chi connectivity index (χ1) is 12.7. The van der Waals surface area contributed by atoms with Crippen molar-refractivity contribution in [2.24, 2.45) is 0 Å². The normalized spacial score (nSPS) is 10.7. The van der Waals surface area contributed by atoms with Crippen LogP contribution in [0.1, 0.15) is 30.0 Å². The van der Waals surface area contributed by atoms with Crippen LogP contribution in [0.4, 0.5) is 0 Å². The van der Waals surface area contributed by atoms with E-state index in [0.29, 0.717) is 13.0 Å². The minimum atomic E-state index is 0.109. The summed E-state index contributed by atoms with van der Waals surface area (Å²) in [5.74, 6) is 0.109. The Balaban J connectivity index is 1.39. The van der Waals surface area contributed by atoms with E-state index in [1.54, 1.807) is 6.20 Å². The average Bonchev–Trinajstić information content (AvgIpc) is 3.22. The van der Waals surface area contributed by atoms with Gasteiger partial charge in [-0.2, -0.15) is 5.10 Å². The number of aryl methyl sites for hydroxylation is 2. The summed E-state index contributed by atoms with van der Waals surface area (Å²) in [5, 5.41) is 7.23. The number of hydrogen-bond donors (Lipinski definition) is 1. The van der Waals surface area contributed by atoms with Crippen molar-refractivity contribution in [3.63, 3.8) is 0 Å². The van der Waals surface area contributed by atoms with Crippen molar-refractivity contribution in [1.29, 1.82) is 0 Å². The minimum absolute atomic E-state index is 0.109. The fraction of sp³-hybridized carbons (Fsp3) is 0.273. The molecule has 0 saturated carbocycles. The van der Waals surface area contributed by atoms with Gasteiger partial charge in [0, 0.05) is 25.4 Å². The molecule has 1 N–H and O–H groups in total. The Morgan fingerprint density at radius 3 is 2.27 bits per heavy atom. The van der Waals surface area contributed by atoms with Crippen LogP contribution < -0.4 is 5.32 Å². The number of carbonyl (C=O) groups is 1. The van der Waals surface area contributed by atoms with Crippen molar-refractivity contribution in [3.05, 3.63) is 83.7 Å². The van der Waals surface area contributed by atoms with E-state index < -0.39 is 0 Å². The van der Waals surface area contributed by atoms with Crippen LogP contribution in [0.3, 0.4) is 0 Å². The lowest BCUT2D eigenvalue weighted by Gasteiger charge is -2.07. The van der Waals surface area contributed by atoms with Crippen molar-refractivity contribution in [3.8, 4) is 5.69 Å². The predicted octanol–water partition coefficient (Wildman–Crippen LogP) is 3.73. The Morgan fingerprint density at radius 2 is 1.62 bits per heavy atom. The van der Waals surface area contributed by atoms with Gasteiger partial charge in [-0.3, -0.25) is 4.79 Å². The number of amides is 1. The zero-order valence-corrected chi connectivity index (χ0v) is 15.2. The third-order valence-electron chi connectivity index (χ3n) is 4.51. The lowest BCUT2D eigenvalue weighted by molar-refractivity contribution is -0.121. The number of rotatable bonds is 8. The highest BCUT2D eigenvalue weighted by atomic mass is 16.1. The lowest BCUT2D eigenvalue weighted by Crippen LogP contribution is -2.25. The smallest absolute Gasteiger partial charge is 0.220 e. The van der Waals surface area contributed by atoms with Gasteiger partial charge in [0.25, 0.3) is 0 Å². The molecule has 2 aromatic carbocycles. The van der Waals surface area contributed by atoms with E-state index in [1.807, 2.05) is 29.1 Å². The maximum atomic E-state index is 12.0. The van der Waals surface area contributed by atoms with Gasteiger partial charge >= 0.3 is 0 Å². The molecule has 0 saturated heterocycles. The third-order valence-corrected chi connectivity index (χ3v) is 4.51. The largest absolute Gasteiger partial charge is 0.356 e. The van der Waals surface area contributed by atoms with Gasteiger partial charge in [-0.05, 0) is 54.2 Å². The predicted molar refractivity (Wildman–Crippen MR) is 104 cm³/mol. The molecule has 4 nitrogen and oxygen atoms in total. The first-order valence-corrected chi connectivity index (χ1v) is 9.18. The van der Waals surface area contributed by atoms with E-state index in [-0.39, 0.29) is 5.91 Å². The van der Waals surface area contributed by atoms with E-state index in [4.69, 9.17) is 0 Å². The summed E-state index contributed by atoms with van der Waals surface area (Å²) in [7, 11) is 0. The molecule has 1 heterocycles. The third kappa shape index (κ3) is 5.06. The molecule has 0 spiro atoms. The molecule has 0 aliphatic carbocycles. The molecule has 0 atom stereocenters. The van der Waals surface area contributed by atoms with Crippen molar-refractivity contribution in [1.82, 2.24) is 15.1 Å². The van der Waals surface area contributed by atoms with Gasteiger partial charge in [-0.1, -0.05) is 43.3 Å². The second-order valence-electron chi connectivity index (χ2n) is 6.39. The number of carbonyl (C=O) groups excluding carboxylic acids is 1. The summed E-state index contributed by atoms with van der Waals surface area (Å²) < 4.78 is 1.83. The first-order valence-electron chi connectivity index (χ1n) is 9.18. The van der Waals surface area contributed by atoms with Crippen LogP contribution in [0.5, 0.6) is 0 Å². The van der Waals surface area contributed by atoms with Gasteiger partial charge in [0.05, 0.1) is 5.69 Å². The van der Waals surface area contributed by atoms with Crippen molar-refractivity contribution >= 4 is 5.91 Å². The quantitative estimate of drug-likeness (QED) is 0.675. The lowest BCUT2D eigenvalue weighted by atomic mass is 10.1. The highest BCUT2D eigenvalue weighted by Gasteiger charge is 2.03. The number of nitrogens with zero attached hydrogens (tertiary/aromatic N) is 2. The zero-order valence-electron chi connectivity index (χ0n) is 15.2. The van der Waals surface area contributed by atoms with Crippen molar-refractivity contribution < 1.29 is 4.79 Å². The fourth-order valence-corrected chi connectivity index (χ4v) is 2.87. The monoisotopic (exact) mass is 347 g/mol. The van der Waals surface area contributed by atoms with Gasteiger partial charge < -0.3 is 5.32 Å². The molecular weight excluding hydrogens is 322 g/mol. The van der Waals surface area contributed by atoms with Crippen LogP contribution in [0, 0.1) is 0 Å². The van der Waals surface area contributed by atoms with Crippen LogP contribution in [0.25, 0.3) is 5.69 Å². The highest BCUT2D eigenvalue weighted by molar-refractivity contribution is 5.76.